The van der Waals surface area contributed by atoms with Crippen LogP contribution in [0.3, 0.4) is 0 Å². The average molecular weight is 455 g/mol. The fourth-order valence-electron chi connectivity index (χ4n) is 4.26. The predicted molar refractivity (Wildman–Crippen MR) is 124 cm³/mol. The zero-order valence-electron chi connectivity index (χ0n) is 18.6. The molecule has 0 radical (unpaired) electrons. The Kier molecular flexibility index (Phi) is 6.38. The molecule has 0 bridgehead atoms. The molecule has 1 N–H and O–H groups in total. The van der Waals surface area contributed by atoms with E-state index in [9.17, 15) is 18.0 Å². The molecule has 32 heavy (non-hydrogen) atoms. The van der Waals surface area contributed by atoms with Gasteiger partial charge in [0.15, 0.2) is 9.84 Å². The van der Waals surface area contributed by atoms with Gasteiger partial charge < -0.3 is 10.2 Å². The molecule has 2 amide bonds. The maximum Gasteiger partial charge on any atom is 0.230 e. The highest BCUT2D eigenvalue weighted by molar-refractivity contribution is 7.91. The third kappa shape index (κ3) is 4.88. The number of nitrogens with one attached hydrogen (secondary N) is 1. The van der Waals surface area contributed by atoms with E-state index in [0.717, 1.165) is 29.7 Å². The van der Waals surface area contributed by atoms with E-state index in [-0.39, 0.29) is 46.8 Å². The summed E-state index contributed by atoms with van der Waals surface area (Å²) in [6.45, 7) is 4.48. The molecule has 170 valence electrons. The standard InChI is InChI=1S/C25H30N2O4S/c1-17(19-6-4-3-5-7-19)16-26-24(28)12-13-32(30,31)22-10-11-23-21(15-22)14-18(2)27(23)25(29)20-8-9-20/h3-7,10-11,15,17-18,20H,8-9,12-14,16H2,1-2H3,(H,26,28)/t17-,18-/m1/s1. The van der Waals surface area contributed by atoms with Crippen molar-refractivity contribution in [3.05, 3.63) is 59.7 Å². The van der Waals surface area contributed by atoms with Crippen molar-refractivity contribution in [3.63, 3.8) is 0 Å². The molecule has 0 unspecified atom stereocenters. The maximum absolute atomic E-state index is 12.9. The lowest BCUT2D eigenvalue weighted by Gasteiger charge is -2.22. The van der Waals surface area contributed by atoms with E-state index in [1.807, 2.05) is 49.1 Å². The first-order valence-corrected chi connectivity index (χ1v) is 12.9. The van der Waals surface area contributed by atoms with Gasteiger partial charge in [0.25, 0.3) is 0 Å². The number of hydrogen-bond acceptors (Lipinski definition) is 4. The largest absolute Gasteiger partial charge is 0.355 e. The van der Waals surface area contributed by atoms with Crippen LogP contribution >= 0.6 is 0 Å². The molecular weight excluding hydrogens is 424 g/mol. The minimum atomic E-state index is -3.59. The monoisotopic (exact) mass is 454 g/mol. The lowest BCUT2D eigenvalue weighted by Crippen LogP contribution is -2.36. The van der Waals surface area contributed by atoms with Crippen molar-refractivity contribution >= 4 is 27.3 Å². The predicted octanol–water partition coefficient (Wildman–Crippen LogP) is 3.46. The van der Waals surface area contributed by atoms with E-state index in [1.165, 1.54) is 0 Å². The third-order valence-electron chi connectivity index (χ3n) is 6.36. The Morgan fingerprint density at radius 3 is 2.53 bits per heavy atom. The first-order chi connectivity index (χ1) is 15.3. The highest BCUT2D eigenvalue weighted by Gasteiger charge is 2.39. The Labute approximate surface area is 189 Å². The van der Waals surface area contributed by atoms with Crippen LogP contribution in [0.4, 0.5) is 5.69 Å². The number of amides is 2. The molecule has 2 atom stereocenters. The third-order valence-corrected chi connectivity index (χ3v) is 8.08. The molecule has 1 heterocycles. The molecular formula is C25H30N2O4S. The lowest BCUT2D eigenvalue weighted by atomic mass is 10.0. The van der Waals surface area contributed by atoms with Gasteiger partial charge in [-0.1, -0.05) is 37.3 Å². The maximum atomic E-state index is 12.9. The summed E-state index contributed by atoms with van der Waals surface area (Å²) in [7, 11) is -3.59. The lowest BCUT2D eigenvalue weighted by molar-refractivity contribution is -0.121. The quantitative estimate of drug-likeness (QED) is 0.662. The minimum Gasteiger partial charge on any atom is -0.355 e. The van der Waals surface area contributed by atoms with E-state index >= 15 is 0 Å². The molecule has 0 saturated heterocycles. The Hall–Kier alpha value is -2.67. The number of hydrogen-bond donors (Lipinski definition) is 1. The molecule has 1 fully saturated rings. The second-order valence-electron chi connectivity index (χ2n) is 9.01. The van der Waals surface area contributed by atoms with E-state index in [4.69, 9.17) is 0 Å². The Balaban J connectivity index is 1.35. The summed E-state index contributed by atoms with van der Waals surface area (Å²) in [4.78, 5) is 26.9. The molecule has 0 aromatic heterocycles. The minimum absolute atomic E-state index is 0.0356. The van der Waals surface area contributed by atoms with E-state index in [1.54, 1.807) is 18.2 Å². The molecule has 2 aromatic carbocycles. The number of sulfone groups is 1. The number of nitrogens with zero attached hydrogens (tertiary/aromatic N) is 1. The van der Waals surface area contributed by atoms with Crippen LogP contribution in [-0.4, -0.2) is 38.6 Å². The van der Waals surface area contributed by atoms with Crippen LogP contribution < -0.4 is 10.2 Å². The van der Waals surface area contributed by atoms with Crippen molar-refractivity contribution in [3.8, 4) is 0 Å². The highest BCUT2D eigenvalue weighted by Crippen LogP contribution is 2.39. The molecule has 7 heteroatoms. The zero-order chi connectivity index (χ0) is 22.9. The van der Waals surface area contributed by atoms with Gasteiger partial charge in [-0.05, 0) is 61.4 Å². The zero-order valence-corrected chi connectivity index (χ0v) is 19.4. The van der Waals surface area contributed by atoms with Gasteiger partial charge >= 0.3 is 0 Å². The smallest absolute Gasteiger partial charge is 0.230 e. The SMILES string of the molecule is C[C@H](CNC(=O)CCS(=O)(=O)c1ccc2c(c1)C[C@@H](C)N2C(=O)C1CC1)c1ccccc1. The normalized spacial score (nSPS) is 18.8. The van der Waals surface area contributed by atoms with Crippen LogP contribution in [0.2, 0.25) is 0 Å². The summed E-state index contributed by atoms with van der Waals surface area (Å²) in [5.74, 6) is -0.0928. The van der Waals surface area contributed by atoms with Crippen molar-refractivity contribution < 1.29 is 18.0 Å². The molecule has 1 aliphatic heterocycles. The molecule has 6 nitrogen and oxygen atoms in total. The van der Waals surface area contributed by atoms with E-state index in [0.29, 0.717) is 13.0 Å². The summed E-state index contributed by atoms with van der Waals surface area (Å²) in [6, 6.07) is 14.9. The fraction of sp³-hybridized carbons (Fsp3) is 0.440. The molecule has 1 saturated carbocycles. The highest BCUT2D eigenvalue weighted by atomic mass is 32.2. The van der Waals surface area contributed by atoms with Crippen LogP contribution in [-0.2, 0) is 25.8 Å². The summed E-state index contributed by atoms with van der Waals surface area (Å²) in [6.07, 6.45) is 2.45. The second kappa shape index (κ2) is 9.06. The van der Waals surface area contributed by atoms with Gasteiger partial charge in [-0.15, -0.1) is 0 Å². The number of anilines is 1. The van der Waals surface area contributed by atoms with Crippen LogP contribution in [0, 0.1) is 5.92 Å². The topological polar surface area (TPSA) is 83.6 Å². The fourth-order valence-corrected chi connectivity index (χ4v) is 5.55. The van der Waals surface area contributed by atoms with E-state index in [2.05, 4.69) is 5.32 Å². The van der Waals surface area contributed by atoms with Gasteiger partial charge in [-0.3, -0.25) is 9.59 Å². The van der Waals surface area contributed by atoms with Crippen molar-refractivity contribution in [2.24, 2.45) is 5.92 Å². The van der Waals surface area contributed by atoms with Gasteiger partial charge in [0.2, 0.25) is 11.8 Å². The van der Waals surface area contributed by atoms with Crippen LogP contribution in [0.5, 0.6) is 0 Å². The van der Waals surface area contributed by atoms with Crippen LogP contribution in [0.15, 0.2) is 53.4 Å². The Morgan fingerprint density at radius 1 is 1.12 bits per heavy atom. The first kappa shape index (κ1) is 22.5. The van der Waals surface area contributed by atoms with Crippen LogP contribution in [0.25, 0.3) is 0 Å². The molecule has 2 aromatic rings. The average Bonchev–Trinajstić information content (AvgIpc) is 3.58. The Morgan fingerprint density at radius 2 is 1.84 bits per heavy atom. The molecule has 4 rings (SSSR count). The number of carbonyl (C=O) groups excluding carboxylic acids is 2. The van der Waals surface area contributed by atoms with Crippen molar-refractivity contribution in [1.29, 1.82) is 0 Å². The number of benzene rings is 2. The number of carbonyl (C=O) groups is 2. The molecule has 0 spiro atoms. The van der Waals surface area contributed by atoms with Crippen molar-refractivity contribution in [2.45, 2.75) is 56.4 Å². The molecule has 2 aliphatic rings. The van der Waals surface area contributed by atoms with Gasteiger partial charge in [0.05, 0.1) is 10.6 Å². The second-order valence-corrected chi connectivity index (χ2v) is 11.1. The number of rotatable bonds is 8. The summed E-state index contributed by atoms with van der Waals surface area (Å²) >= 11 is 0. The summed E-state index contributed by atoms with van der Waals surface area (Å²) in [5.41, 5.74) is 2.83. The van der Waals surface area contributed by atoms with Gasteiger partial charge in [0, 0.05) is 30.6 Å². The van der Waals surface area contributed by atoms with Crippen molar-refractivity contribution in [2.75, 3.05) is 17.2 Å². The van der Waals surface area contributed by atoms with Gasteiger partial charge in [-0.2, -0.15) is 0 Å². The van der Waals surface area contributed by atoms with E-state index < -0.39 is 9.84 Å². The molecule has 1 aliphatic carbocycles. The van der Waals surface area contributed by atoms with Crippen molar-refractivity contribution in [1.82, 2.24) is 5.32 Å². The van der Waals surface area contributed by atoms with Crippen LogP contribution in [0.1, 0.15) is 50.2 Å². The summed E-state index contributed by atoms with van der Waals surface area (Å²) in [5, 5.41) is 2.84. The Bertz CT molecular complexity index is 1110. The summed E-state index contributed by atoms with van der Waals surface area (Å²) < 4.78 is 25.7. The number of fused-ring (bicyclic) bond motifs is 1. The van der Waals surface area contributed by atoms with Gasteiger partial charge in [-0.25, -0.2) is 8.42 Å². The first-order valence-electron chi connectivity index (χ1n) is 11.3. The van der Waals surface area contributed by atoms with Gasteiger partial charge in [0.1, 0.15) is 0 Å².